The Morgan fingerprint density at radius 2 is 2.08 bits per heavy atom. The van der Waals surface area contributed by atoms with Crippen molar-refractivity contribution < 1.29 is 4.79 Å². The molecule has 68 valence electrons. The number of benzene rings is 1. The SMILES string of the molecule is NCC=Cc1ccccc1C(N)=O. The van der Waals surface area contributed by atoms with E-state index in [1.54, 1.807) is 24.3 Å². The highest BCUT2D eigenvalue weighted by Crippen LogP contribution is 2.09. The largest absolute Gasteiger partial charge is 0.366 e. The highest BCUT2D eigenvalue weighted by Gasteiger charge is 2.02. The van der Waals surface area contributed by atoms with Crippen LogP contribution >= 0.6 is 0 Å². The predicted molar refractivity (Wildman–Crippen MR) is 53.0 cm³/mol. The molecule has 0 saturated carbocycles. The number of primary amides is 1. The van der Waals surface area contributed by atoms with Crippen molar-refractivity contribution >= 4 is 12.0 Å². The van der Waals surface area contributed by atoms with Crippen molar-refractivity contribution in [3.63, 3.8) is 0 Å². The van der Waals surface area contributed by atoms with Crippen molar-refractivity contribution in [2.75, 3.05) is 6.54 Å². The van der Waals surface area contributed by atoms with Crippen molar-refractivity contribution in [1.29, 1.82) is 0 Å². The second kappa shape index (κ2) is 4.42. The van der Waals surface area contributed by atoms with Gasteiger partial charge in [0, 0.05) is 12.1 Å². The average molecular weight is 176 g/mol. The van der Waals surface area contributed by atoms with Gasteiger partial charge >= 0.3 is 0 Å². The van der Waals surface area contributed by atoms with Crippen molar-refractivity contribution in [3.05, 3.63) is 41.5 Å². The smallest absolute Gasteiger partial charge is 0.249 e. The summed E-state index contributed by atoms with van der Waals surface area (Å²) >= 11 is 0. The summed E-state index contributed by atoms with van der Waals surface area (Å²) in [6.07, 6.45) is 3.57. The molecule has 0 bridgehead atoms. The number of nitrogens with two attached hydrogens (primary N) is 2. The normalized spacial score (nSPS) is 10.5. The Labute approximate surface area is 77.0 Å². The monoisotopic (exact) mass is 176 g/mol. The number of carbonyl (C=O) groups excluding carboxylic acids is 1. The van der Waals surface area contributed by atoms with Crippen LogP contribution in [0.5, 0.6) is 0 Å². The molecule has 0 aliphatic heterocycles. The average Bonchev–Trinajstić information content (AvgIpc) is 2.15. The molecule has 0 saturated heterocycles. The lowest BCUT2D eigenvalue weighted by molar-refractivity contribution is 0.1000. The summed E-state index contributed by atoms with van der Waals surface area (Å²) in [5.74, 6) is -0.419. The summed E-state index contributed by atoms with van der Waals surface area (Å²) in [6.45, 7) is 0.451. The van der Waals surface area contributed by atoms with E-state index in [0.717, 1.165) is 5.56 Å². The highest BCUT2D eigenvalue weighted by atomic mass is 16.1. The van der Waals surface area contributed by atoms with Gasteiger partial charge in [0.25, 0.3) is 0 Å². The first-order valence-corrected chi connectivity index (χ1v) is 4.01. The summed E-state index contributed by atoms with van der Waals surface area (Å²) in [7, 11) is 0. The fourth-order valence-corrected chi connectivity index (χ4v) is 1.06. The Hall–Kier alpha value is -1.61. The molecule has 0 fully saturated rings. The number of carbonyl (C=O) groups is 1. The predicted octanol–water partition coefficient (Wildman–Crippen LogP) is 0.757. The minimum atomic E-state index is -0.419. The molecule has 0 aromatic heterocycles. The molecule has 4 N–H and O–H groups in total. The van der Waals surface area contributed by atoms with Crippen LogP contribution in [0.1, 0.15) is 15.9 Å². The van der Waals surface area contributed by atoms with E-state index in [1.807, 2.05) is 12.1 Å². The van der Waals surface area contributed by atoms with E-state index in [-0.39, 0.29) is 0 Å². The van der Waals surface area contributed by atoms with Gasteiger partial charge < -0.3 is 11.5 Å². The minimum absolute atomic E-state index is 0.419. The van der Waals surface area contributed by atoms with E-state index in [0.29, 0.717) is 12.1 Å². The number of amides is 1. The van der Waals surface area contributed by atoms with E-state index < -0.39 is 5.91 Å². The Kier molecular flexibility index (Phi) is 3.23. The number of hydrogen-bond acceptors (Lipinski definition) is 2. The number of rotatable bonds is 3. The lowest BCUT2D eigenvalue weighted by atomic mass is 10.1. The molecule has 0 aliphatic carbocycles. The molecular weight excluding hydrogens is 164 g/mol. The Bertz CT molecular complexity index is 331. The third-order valence-corrected chi connectivity index (χ3v) is 1.66. The zero-order chi connectivity index (χ0) is 9.68. The van der Waals surface area contributed by atoms with Crippen LogP contribution in [0.25, 0.3) is 6.08 Å². The molecule has 1 aromatic carbocycles. The van der Waals surface area contributed by atoms with Gasteiger partial charge in [0.05, 0.1) is 0 Å². The van der Waals surface area contributed by atoms with Crippen molar-refractivity contribution in [2.24, 2.45) is 11.5 Å². The Morgan fingerprint density at radius 3 is 2.69 bits per heavy atom. The highest BCUT2D eigenvalue weighted by molar-refractivity contribution is 5.96. The van der Waals surface area contributed by atoms with Crippen molar-refractivity contribution in [3.8, 4) is 0 Å². The minimum Gasteiger partial charge on any atom is -0.366 e. The summed E-state index contributed by atoms with van der Waals surface area (Å²) in [5.41, 5.74) is 11.8. The molecule has 3 heteroatoms. The fraction of sp³-hybridized carbons (Fsp3) is 0.100. The van der Waals surface area contributed by atoms with Gasteiger partial charge in [0.1, 0.15) is 0 Å². The Balaban J connectivity index is 3.05. The van der Waals surface area contributed by atoms with Gasteiger partial charge in [-0.2, -0.15) is 0 Å². The molecule has 1 rings (SSSR count). The van der Waals surface area contributed by atoms with Crippen LogP contribution < -0.4 is 11.5 Å². The molecule has 0 radical (unpaired) electrons. The maximum atomic E-state index is 10.9. The summed E-state index contributed by atoms with van der Waals surface area (Å²) in [6, 6.07) is 7.15. The molecule has 0 spiro atoms. The van der Waals surface area contributed by atoms with Crippen LogP contribution in [-0.4, -0.2) is 12.5 Å². The lowest BCUT2D eigenvalue weighted by Crippen LogP contribution is -2.12. The molecule has 13 heavy (non-hydrogen) atoms. The first-order chi connectivity index (χ1) is 6.25. The van der Waals surface area contributed by atoms with Crippen LogP contribution in [-0.2, 0) is 0 Å². The van der Waals surface area contributed by atoms with E-state index in [1.165, 1.54) is 0 Å². The maximum absolute atomic E-state index is 10.9. The lowest BCUT2D eigenvalue weighted by Gasteiger charge is -1.99. The first kappa shape index (κ1) is 9.48. The van der Waals surface area contributed by atoms with E-state index in [9.17, 15) is 4.79 Å². The molecule has 0 aliphatic rings. The third kappa shape index (κ3) is 2.42. The van der Waals surface area contributed by atoms with Gasteiger partial charge in [-0.05, 0) is 11.6 Å². The molecule has 1 amide bonds. The Morgan fingerprint density at radius 1 is 1.38 bits per heavy atom. The van der Waals surface area contributed by atoms with Crippen molar-refractivity contribution in [1.82, 2.24) is 0 Å². The van der Waals surface area contributed by atoms with Gasteiger partial charge in [0.15, 0.2) is 0 Å². The van der Waals surface area contributed by atoms with Crippen LogP contribution in [0.4, 0.5) is 0 Å². The molecular formula is C10H12N2O. The van der Waals surface area contributed by atoms with Crippen molar-refractivity contribution in [2.45, 2.75) is 0 Å². The zero-order valence-electron chi connectivity index (χ0n) is 7.23. The van der Waals surface area contributed by atoms with E-state index in [2.05, 4.69) is 0 Å². The molecule has 0 atom stereocenters. The fourth-order valence-electron chi connectivity index (χ4n) is 1.06. The summed E-state index contributed by atoms with van der Waals surface area (Å²) in [5, 5.41) is 0. The van der Waals surface area contributed by atoms with Crippen LogP contribution in [0.2, 0.25) is 0 Å². The van der Waals surface area contributed by atoms with Crippen LogP contribution in [0.15, 0.2) is 30.3 Å². The molecule has 0 unspecified atom stereocenters. The van der Waals surface area contributed by atoms with Gasteiger partial charge in [0.2, 0.25) is 5.91 Å². The maximum Gasteiger partial charge on any atom is 0.249 e. The quantitative estimate of drug-likeness (QED) is 0.713. The molecule has 1 aromatic rings. The second-order valence-electron chi connectivity index (χ2n) is 2.59. The van der Waals surface area contributed by atoms with Gasteiger partial charge in [-0.25, -0.2) is 0 Å². The topological polar surface area (TPSA) is 69.1 Å². The van der Waals surface area contributed by atoms with Crippen LogP contribution in [0, 0.1) is 0 Å². The second-order valence-corrected chi connectivity index (χ2v) is 2.59. The van der Waals surface area contributed by atoms with E-state index in [4.69, 9.17) is 11.5 Å². The molecule has 3 nitrogen and oxygen atoms in total. The molecule has 0 heterocycles. The van der Waals surface area contributed by atoms with Crippen LogP contribution in [0.3, 0.4) is 0 Å². The van der Waals surface area contributed by atoms with E-state index >= 15 is 0 Å². The summed E-state index contributed by atoms with van der Waals surface area (Å²) in [4.78, 5) is 10.9. The van der Waals surface area contributed by atoms with Gasteiger partial charge in [-0.1, -0.05) is 30.4 Å². The zero-order valence-corrected chi connectivity index (χ0v) is 7.23. The first-order valence-electron chi connectivity index (χ1n) is 4.01. The van der Waals surface area contributed by atoms with Gasteiger partial charge in [-0.3, -0.25) is 4.79 Å². The summed E-state index contributed by atoms with van der Waals surface area (Å²) < 4.78 is 0. The number of hydrogen-bond donors (Lipinski definition) is 2. The van der Waals surface area contributed by atoms with Gasteiger partial charge in [-0.15, -0.1) is 0 Å². The standard InChI is InChI=1S/C10H12N2O/c11-7-3-5-8-4-1-2-6-9(8)10(12)13/h1-6H,7,11H2,(H2,12,13). The third-order valence-electron chi connectivity index (χ3n) is 1.66.